The molecule has 0 aromatic heterocycles. The quantitative estimate of drug-likeness (QED) is 0.145. The number of benzene rings is 3. The molecule has 0 saturated carbocycles. The Labute approximate surface area is 264 Å². The van der Waals surface area contributed by atoms with Crippen molar-refractivity contribution >= 4 is 27.6 Å². The highest BCUT2D eigenvalue weighted by atomic mass is 32.2. The monoisotopic (exact) mass is 639 g/mol. The lowest BCUT2D eigenvalue weighted by Gasteiger charge is -2.32. The van der Waals surface area contributed by atoms with Gasteiger partial charge in [0.25, 0.3) is 0 Å². The fourth-order valence-corrected chi connectivity index (χ4v) is 6.80. The maximum Gasteiger partial charge on any atom is 0.414 e. The number of ether oxygens (including phenoxy) is 1. The highest BCUT2D eigenvalue weighted by molar-refractivity contribution is 7.89. The molecule has 0 bridgehead atoms. The molecule has 1 amide bonds. The van der Waals surface area contributed by atoms with Gasteiger partial charge in [-0.15, -0.1) is 0 Å². The topological polar surface area (TPSA) is 157 Å². The van der Waals surface area contributed by atoms with Crippen molar-refractivity contribution in [3.8, 4) is 0 Å². The summed E-state index contributed by atoms with van der Waals surface area (Å²) in [5, 5.41) is 35.1. The Kier molecular flexibility index (Phi) is 11.5. The summed E-state index contributed by atoms with van der Waals surface area (Å²) in [5.74, 6) is -0.212. The third-order valence-electron chi connectivity index (χ3n) is 7.60. The Balaban J connectivity index is 1.54. The van der Waals surface area contributed by atoms with Crippen LogP contribution in [0.25, 0.3) is 0 Å². The summed E-state index contributed by atoms with van der Waals surface area (Å²) in [4.78, 5) is 26.0. The molecule has 0 spiro atoms. The molecular weight excluding hydrogens is 598 g/mol. The number of ketones is 1. The van der Waals surface area contributed by atoms with E-state index >= 15 is 0 Å². The van der Waals surface area contributed by atoms with Crippen molar-refractivity contribution in [2.45, 2.75) is 63.2 Å². The largest absolute Gasteiger partial charge is 0.440 e. The first-order chi connectivity index (χ1) is 21.4. The molecule has 3 aromatic carbocycles. The van der Waals surface area contributed by atoms with Crippen molar-refractivity contribution in [3.63, 3.8) is 0 Å². The van der Waals surface area contributed by atoms with Crippen molar-refractivity contribution in [1.82, 2.24) is 9.62 Å². The first-order valence-electron chi connectivity index (χ1n) is 14.8. The van der Waals surface area contributed by atoms with Crippen LogP contribution in [-0.4, -0.2) is 84.0 Å². The van der Waals surface area contributed by atoms with Crippen LogP contribution in [0.3, 0.4) is 0 Å². The van der Waals surface area contributed by atoms with E-state index in [9.17, 15) is 33.3 Å². The molecule has 1 heterocycles. The number of sulfonamides is 1. The SMILES string of the molecule is CC(=O)c1cccc(N2C[C@@H](C(O)N[C@@H](Cc3ccccc3)[C@H](O)CN(CC(C)C)S(=O)(=O)c3ccc(CO)cc3)OC2=O)c1. The molecule has 12 heteroatoms. The number of rotatable bonds is 15. The van der Waals surface area contributed by atoms with E-state index < -0.39 is 40.6 Å². The zero-order valence-corrected chi connectivity index (χ0v) is 26.4. The van der Waals surface area contributed by atoms with Gasteiger partial charge in [-0.1, -0.05) is 68.4 Å². The van der Waals surface area contributed by atoms with Gasteiger partial charge in [-0.25, -0.2) is 13.2 Å². The molecule has 1 aliphatic rings. The van der Waals surface area contributed by atoms with Crippen LogP contribution in [-0.2, 0) is 27.8 Å². The number of amides is 1. The van der Waals surface area contributed by atoms with Gasteiger partial charge in [0.05, 0.1) is 24.2 Å². The molecule has 11 nitrogen and oxygen atoms in total. The minimum absolute atomic E-state index is 0.0137. The summed E-state index contributed by atoms with van der Waals surface area (Å²) in [6, 6.07) is 20.9. The lowest BCUT2D eigenvalue weighted by Crippen LogP contribution is -2.55. The van der Waals surface area contributed by atoms with Gasteiger partial charge in [0.2, 0.25) is 10.0 Å². The number of hydrogen-bond acceptors (Lipinski definition) is 9. The smallest absolute Gasteiger partial charge is 0.414 e. The Hall–Kier alpha value is -3.65. The highest BCUT2D eigenvalue weighted by Crippen LogP contribution is 2.25. The Morgan fingerprint density at radius 2 is 1.69 bits per heavy atom. The Morgan fingerprint density at radius 1 is 1.00 bits per heavy atom. The molecule has 4 atom stereocenters. The first kappa shape index (κ1) is 34.2. The second-order valence-corrected chi connectivity index (χ2v) is 13.6. The fourth-order valence-electron chi connectivity index (χ4n) is 5.18. The van der Waals surface area contributed by atoms with Crippen LogP contribution in [0.1, 0.15) is 42.3 Å². The third-order valence-corrected chi connectivity index (χ3v) is 9.45. The maximum atomic E-state index is 13.7. The average Bonchev–Trinajstić information content (AvgIpc) is 3.42. The second-order valence-electron chi connectivity index (χ2n) is 11.6. The predicted octanol–water partition coefficient (Wildman–Crippen LogP) is 2.93. The van der Waals surface area contributed by atoms with Gasteiger partial charge >= 0.3 is 6.09 Å². The number of nitrogens with one attached hydrogen (secondary N) is 1. The number of aliphatic hydroxyl groups is 3. The van der Waals surface area contributed by atoms with Gasteiger partial charge in [-0.3, -0.25) is 15.0 Å². The van der Waals surface area contributed by atoms with E-state index in [1.54, 1.807) is 24.3 Å². The molecule has 1 fully saturated rings. The lowest BCUT2D eigenvalue weighted by atomic mass is 10.00. The molecule has 3 aromatic rings. The Bertz CT molecular complexity index is 1550. The van der Waals surface area contributed by atoms with Crippen LogP contribution in [0, 0.1) is 5.92 Å². The van der Waals surface area contributed by atoms with E-state index in [1.807, 2.05) is 44.2 Å². The minimum atomic E-state index is -4.02. The summed E-state index contributed by atoms with van der Waals surface area (Å²) in [6.07, 6.45) is -4.14. The predicted molar refractivity (Wildman–Crippen MR) is 169 cm³/mol. The summed E-state index contributed by atoms with van der Waals surface area (Å²) in [7, 11) is -4.02. The summed E-state index contributed by atoms with van der Waals surface area (Å²) < 4.78 is 34.1. The molecule has 0 aliphatic carbocycles. The summed E-state index contributed by atoms with van der Waals surface area (Å²) in [6.45, 7) is 4.81. The first-order valence-corrected chi connectivity index (χ1v) is 16.3. The van der Waals surface area contributed by atoms with E-state index in [0.29, 0.717) is 16.8 Å². The van der Waals surface area contributed by atoms with Crippen LogP contribution < -0.4 is 10.2 Å². The van der Waals surface area contributed by atoms with Crippen LogP contribution in [0.2, 0.25) is 0 Å². The van der Waals surface area contributed by atoms with Crippen molar-refractivity contribution < 1.29 is 38.1 Å². The number of Topliss-reactive ketones (excluding diaryl/α,β-unsaturated/α-hetero) is 1. The van der Waals surface area contributed by atoms with Gasteiger partial charge in [-0.2, -0.15) is 4.31 Å². The number of hydrogen-bond donors (Lipinski definition) is 4. The van der Waals surface area contributed by atoms with Crippen LogP contribution in [0.5, 0.6) is 0 Å². The van der Waals surface area contributed by atoms with E-state index in [2.05, 4.69) is 5.32 Å². The molecule has 1 unspecified atom stereocenters. The standard InChI is InChI=1S/C33H41N3O8S/c1-22(2)18-35(45(42,43)28-14-12-25(21-37)13-15-28)19-30(39)29(16-24-8-5-4-6-9-24)34-32(40)31-20-36(33(41)44-31)27-11-7-10-26(17-27)23(3)38/h4-15,17,22,29-32,34,37,39-40H,16,18-21H2,1-3H3/t29-,30+,31-,32?/m0/s1. The Morgan fingerprint density at radius 3 is 2.31 bits per heavy atom. The molecule has 45 heavy (non-hydrogen) atoms. The lowest BCUT2D eigenvalue weighted by molar-refractivity contribution is -0.0119. The van der Waals surface area contributed by atoms with Crippen LogP contribution in [0.15, 0.2) is 83.8 Å². The number of aliphatic hydroxyl groups excluding tert-OH is 3. The fraction of sp³-hybridized carbons (Fsp3) is 0.394. The maximum absolute atomic E-state index is 13.7. The van der Waals surface area contributed by atoms with Gasteiger partial charge < -0.3 is 20.1 Å². The third kappa shape index (κ3) is 8.75. The van der Waals surface area contributed by atoms with E-state index in [1.165, 1.54) is 40.4 Å². The molecule has 0 radical (unpaired) electrons. The van der Waals surface area contributed by atoms with E-state index in [4.69, 9.17) is 4.74 Å². The zero-order valence-electron chi connectivity index (χ0n) is 25.6. The molecule has 1 saturated heterocycles. The zero-order chi connectivity index (χ0) is 32.7. The number of carbonyl (C=O) groups excluding carboxylic acids is 2. The number of anilines is 1. The number of carbonyl (C=O) groups is 2. The van der Waals surface area contributed by atoms with Gasteiger partial charge in [0, 0.05) is 30.4 Å². The van der Waals surface area contributed by atoms with E-state index in [-0.39, 0.29) is 49.3 Å². The second kappa shape index (κ2) is 15.1. The van der Waals surface area contributed by atoms with Crippen LogP contribution >= 0.6 is 0 Å². The number of cyclic esters (lactones) is 1. The van der Waals surface area contributed by atoms with Gasteiger partial charge in [0.1, 0.15) is 6.23 Å². The van der Waals surface area contributed by atoms with Gasteiger partial charge in [-0.05, 0) is 54.7 Å². The van der Waals surface area contributed by atoms with Crippen molar-refractivity contribution in [3.05, 3.63) is 95.6 Å². The summed E-state index contributed by atoms with van der Waals surface area (Å²) in [5.41, 5.74) is 2.29. The van der Waals surface area contributed by atoms with Crippen molar-refractivity contribution in [2.24, 2.45) is 5.92 Å². The van der Waals surface area contributed by atoms with E-state index in [0.717, 1.165) is 5.56 Å². The molecule has 4 rings (SSSR count). The summed E-state index contributed by atoms with van der Waals surface area (Å²) >= 11 is 0. The average molecular weight is 640 g/mol. The van der Waals surface area contributed by atoms with Gasteiger partial charge in [0.15, 0.2) is 11.9 Å². The number of nitrogens with zero attached hydrogens (tertiary/aromatic N) is 2. The molecule has 1 aliphatic heterocycles. The van der Waals surface area contributed by atoms with Crippen molar-refractivity contribution in [1.29, 1.82) is 0 Å². The minimum Gasteiger partial charge on any atom is -0.440 e. The molecule has 242 valence electrons. The van der Waals surface area contributed by atoms with Crippen LogP contribution in [0.4, 0.5) is 10.5 Å². The normalized spacial score (nSPS) is 17.4. The molecule has 4 N–H and O–H groups in total. The van der Waals surface area contributed by atoms with Crippen molar-refractivity contribution in [2.75, 3.05) is 24.5 Å². The molecular formula is C33H41N3O8S. The highest BCUT2D eigenvalue weighted by Gasteiger charge is 2.39.